The number of rotatable bonds is 6. The van der Waals surface area contributed by atoms with Crippen LogP contribution in [0.4, 0.5) is 11.4 Å². The van der Waals surface area contributed by atoms with Crippen LogP contribution in [-0.2, 0) is 19.1 Å². The molecule has 0 aliphatic carbocycles. The lowest BCUT2D eigenvalue weighted by Crippen LogP contribution is -2.31. The third-order valence-corrected chi connectivity index (χ3v) is 3.41. The summed E-state index contributed by atoms with van der Waals surface area (Å²) in [6.07, 6.45) is 0. The lowest BCUT2D eigenvalue weighted by molar-refractivity contribution is -0.136. The van der Waals surface area contributed by atoms with Gasteiger partial charge >= 0.3 is 5.97 Å². The normalized spacial score (nSPS) is 14.0. The first-order valence-electron chi connectivity index (χ1n) is 7.32. The smallest absolute Gasteiger partial charge is 0.337 e. The Kier molecular flexibility index (Phi) is 5.54. The molecular weight excluding hydrogens is 314 g/mol. The Bertz CT molecular complexity index is 699. The highest BCUT2D eigenvalue weighted by molar-refractivity contribution is 6.08. The van der Waals surface area contributed by atoms with Gasteiger partial charge < -0.3 is 25.4 Å². The van der Waals surface area contributed by atoms with Gasteiger partial charge in [-0.1, -0.05) is 6.07 Å². The number of carbonyl (C=O) groups excluding carboxylic acids is 3. The van der Waals surface area contributed by atoms with Crippen molar-refractivity contribution < 1.29 is 24.2 Å². The van der Waals surface area contributed by atoms with Gasteiger partial charge in [0.15, 0.2) is 0 Å². The van der Waals surface area contributed by atoms with Crippen LogP contribution in [0.3, 0.4) is 0 Å². The molecule has 0 saturated carbocycles. The molecule has 0 unspecified atom stereocenters. The van der Waals surface area contributed by atoms with E-state index < -0.39 is 11.9 Å². The molecule has 2 amide bonds. The summed E-state index contributed by atoms with van der Waals surface area (Å²) in [7, 11) is 1.24. The monoisotopic (exact) mass is 333 g/mol. The molecule has 1 aromatic rings. The highest BCUT2D eigenvalue weighted by atomic mass is 16.5. The number of nitrogens with zero attached hydrogens (tertiary/aromatic N) is 1. The zero-order chi connectivity index (χ0) is 17.7. The third-order valence-electron chi connectivity index (χ3n) is 3.41. The van der Waals surface area contributed by atoms with Crippen molar-refractivity contribution in [2.75, 3.05) is 37.4 Å². The van der Waals surface area contributed by atoms with Crippen LogP contribution >= 0.6 is 0 Å². The Labute approximate surface area is 139 Å². The molecule has 24 heavy (non-hydrogen) atoms. The van der Waals surface area contributed by atoms with Crippen LogP contribution < -0.4 is 10.6 Å². The topological polar surface area (TPSA) is 108 Å². The van der Waals surface area contributed by atoms with Crippen LogP contribution in [0.5, 0.6) is 0 Å². The van der Waals surface area contributed by atoms with Gasteiger partial charge in [0.05, 0.1) is 25.8 Å². The van der Waals surface area contributed by atoms with Gasteiger partial charge in [-0.25, -0.2) is 4.79 Å². The summed E-state index contributed by atoms with van der Waals surface area (Å²) in [6, 6.07) is 6.76. The Morgan fingerprint density at radius 1 is 1.33 bits per heavy atom. The average Bonchev–Trinajstić information content (AvgIpc) is 2.84. The maximum Gasteiger partial charge on any atom is 0.337 e. The molecule has 8 nitrogen and oxygen atoms in total. The number of nitrogens with one attached hydrogen (secondary N) is 2. The molecular formula is C16H19N3O5. The zero-order valence-corrected chi connectivity index (χ0v) is 13.5. The number of methoxy groups -OCH3 is 1. The molecule has 3 N–H and O–H groups in total. The van der Waals surface area contributed by atoms with Crippen molar-refractivity contribution in [2.24, 2.45) is 0 Å². The first kappa shape index (κ1) is 17.5. The van der Waals surface area contributed by atoms with Gasteiger partial charge in [-0.2, -0.15) is 0 Å². The lowest BCUT2D eigenvalue weighted by Gasteiger charge is -2.15. The lowest BCUT2D eigenvalue weighted by atomic mass is 10.2. The second-order valence-electron chi connectivity index (χ2n) is 5.18. The van der Waals surface area contributed by atoms with E-state index in [0.717, 1.165) is 0 Å². The molecule has 1 aliphatic heterocycles. The standard InChI is InChI=1S/C16H19N3O5/c1-10(21)17-11-4-3-5-12(8-11)18-14-13(16(23)24-2)9-19(6-7-20)15(14)22/h3-5,8,18,20H,6-7,9H2,1-2H3,(H,17,21). The van der Waals surface area contributed by atoms with E-state index in [4.69, 9.17) is 9.84 Å². The molecule has 128 valence electrons. The number of β-amino-alcohol motifs (C(OH)–C–C–N with tert-alkyl or cyclic N) is 1. The maximum atomic E-state index is 12.4. The number of esters is 1. The van der Waals surface area contributed by atoms with Gasteiger partial charge in [-0.3, -0.25) is 9.59 Å². The molecule has 1 heterocycles. The molecule has 0 saturated heterocycles. The van der Waals surface area contributed by atoms with E-state index in [1.54, 1.807) is 24.3 Å². The molecule has 0 atom stereocenters. The van der Waals surface area contributed by atoms with Crippen LogP contribution in [0.25, 0.3) is 0 Å². The van der Waals surface area contributed by atoms with Crippen molar-refractivity contribution in [3.63, 3.8) is 0 Å². The first-order valence-corrected chi connectivity index (χ1v) is 7.32. The summed E-state index contributed by atoms with van der Waals surface area (Å²) in [5.74, 6) is -1.22. The van der Waals surface area contributed by atoms with Crippen molar-refractivity contribution in [1.29, 1.82) is 0 Å². The predicted molar refractivity (Wildman–Crippen MR) is 87.1 cm³/mol. The average molecular weight is 333 g/mol. The number of carbonyl (C=O) groups is 3. The zero-order valence-electron chi connectivity index (χ0n) is 13.5. The minimum absolute atomic E-state index is 0.0692. The summed E-state index contributed by atoms with van der Waals surface area (Å²) in [4.78, 5) is 36.8. The molecule has 8 heteroatoms. The van der Waals surface area contributed by atoms with E-state index in [0.29, 0.717) is 11.4 Å². The minimum atomic E-state index is -0.607. The van der Waals surface area contributed by atoms with Gasteiger partial charge in [0.2, 0.25) is 5.91 Å². The summed E-state index contributed by atoms with van der Waals surface area (Å²) in [5.41, 5.74) is 1.40. The fraction of sp³-hybridized carbons (Fsp3) is 0.312. The quantitative estimate of drug-likeness (QED) is 0.647. The fourth-order valence-electron chi connectivity index (χ4n) is 2.37. The highest BCUT2D eigenvalue weighted by Gasteiger charge is 2.34. The van der Waals surface area contributed by atoms with Crippen molar-refractivity contribution in [2.45, 2.75) is 6.92 Å². The largest absolute Gasteiger partial charge is 0.466 e. The van der Waals surface area contributed by atoms with Gasteiger partial charge in [-0.15, -0.1) is 0 Å². The molecule has 0 spiro atoms. The Morgan fingerprint density at radius 2 is 2.04 bits per heavy atom. The van der Waals surface area contributed by atoms with E-state index in [1.165, 1.54) is 18.9 Å². The number of benzene rings is 1. The van der Waals surface area contributed by atoms with Crippen LogP contribution in [0, 0.1) is 0 Å². The van der Waals surface area contributed by atoms with Crippen molar-refractivity contribution in [3.8, 4) is 0 Å². The number of ether oxygens (including phenoxy) is 1. The number of anilines is 2. The van der Waals surface area contributed by atoms with E-state index in [9.17, 15) is 14.4 Å². The predicted octanol–water partition coefficient (Wildman–Crippen LogP) is 0.318. The first-order chi connectivity index (χ1) is 11.5. The second kappa shape index (κ2) is 7.60. The second-order valence-corrected chi connectivity index (χ2v) is 5.18. The fourth-order valence-corrected chi connectivity index (χ4v) is 2.37. The summed E-state index contributed by atoms with van der Waals surface area (Å²) in [5, 5.41) is 14.6. The van der Waals surface area contributed by atoms with Crippen LogP contribution in [-0.4, -0.2) is 54.6 Å². The van der Waals surface area contributed by atoms with Crippen molar-refractivity contribution >= 4 is 29.2 Å². The van der Waals surface area contributed by atoms with E-state index in [1.807, 2.05) is 0 Å². The summed E-state index contributed by atoms with van der Waals surface area (Å²) < 4.78 is 4.72. The maximum absolute atomic E-state index is 12.4. The third kappa shape index (κ3) is 3.90. The van der Waals surface area contributed by atoms with E-state index >= 15 is 0 Å². The molecule has 0 aromatic heterocycles. The van der Waals surface area contributed by atoms with Crippen LogP contribution in [0.1, 0.15) is 6.92 Å². The van der Waals surface area contributed by atoms with Gasteiger partial charge in [0.1, 0.15) is 5.70 Å². The Hall–Kier alpha value is -2.87. The summed E-state index contributed by atoms with van der Waals surface area (Å²) >= 11 is 0. The number of aliphatic hydroxyl groups is 1. The molecule has 0 bridgehead atoms. The van der Waals surface area contributed by atoms with Crippen molar-refractivity contribution in [3.05, 3.63) is 35.5 Å². The molecule has 0 fully saturated rings. The Balaban J connectivity index is 2.28. The number of amides is 2. The van der Waals surface area contributed by atoms with Gasteiger partial charge in [-0.05, 0) is 18.2 Å². The molecule has 1 aliphatic rings. The van der Waals surface area contributed by atoms with E-state index in [-0.39, 0.29) is 36.9 Å². The van der Waals surface area contributed by atoms with Crippen molar-refractivity contribution in [1.82, 2.24) is 4.90 Å². The van der Waals surface area contributed by atoms with Crippen LogP contribution in [0.15, 0.2) is 35.5 Å². The summed E-state index contributed by atoms with van der Waals surface area (Å²) in [6.45, 7) is 1.38. The number of aliphatic hydroxyl groups excluding tert-OH is 1. The van der Waals surface area contributed by atoms with Gasteiger partial charge in [0, 0.05) is 24.8 Å². The van der Waals surface area contributed by atoms with Crippen LogP contribution in [0.2, 0.25) is 0 Å². The molecule has 0 radical (unpaired) electrons. The Morgan fingerprint density at radius 3 is 2.67 bits per heavy atom. The van der Waals surface area contributed by atoms with Gasteiger partial charge in [0.25, 0.3) is 5.91 Å². The molecule has 1 aromatic carbocycles. The minimum Gasteiger partial charge on any atom is -0.466 e. The number of hydrogen-bond acceptors (Lipinski definition) is 6. The highest BCUT2D eigenvalue weighted by Crippen LogP contribution is 2.24. The SMILES string of the molecule is COC(=O)C1=C(Nc2cccc(NC(C)=O)c2)C(=O)N(CCO)C1. The number of hydrogen-bond donors (Lipinski definition) is 3. The molecule has 2 rings (SSSR count). The van der Waals surface area contributed by atoms with E-state index in [2.05, 4.69) is 10.6 Å².